The Hall–Kier alpha value is -1.98. The maximum absolute atomic E-state index is 5.93. The Morgan fingerprint density at radius 1 is 0.833 bits per heavy atom. The third-order valence-electron chi connectivity index (χ3n) is 4.27. The molecule has 0 aliphatic carbocycles. The average molecular weight is 470 g/mol. The number of pyridine rings is 1. The first-order valence-corrected chi connectivity index (χ1v) is 9.77. The molecule has 3 rings (SSSR count). The van der Waals surface area contributed by atoms with E-state index < -0.39 is 0 Å². The largest absolute Gasteiger partial charge is 0.490 e. The number of ether oxygens (including phenoxy) is 2. The summed E-state index contributed by atoms with van der Waals surface area (Å²) in [6, 6.07) is 18.3. The van der Waals surface area contributed by atoms with Crippen LogP contribution in [-0.4, -0.2) is 11.6 Å². The van der Waals surface area contributed by atoms with Crippen LogP contribution in [0, 0.1) is 6.92 Å². The fourth-order valence-corrected chi connectivity index (χ4v) is 2.87. The molecule has 0 spiro atoms. The van der Waals surface area contributed by atoms with E-state index in [4.69, 9.17) is 21.1 Å². The van der Waals surface area contributed by atoms with Crippen LogP contribution < -0.4 is 14.8 Å². The minimum absolute atomic E-state index is 0. The van der Waals surface area contributed by atoms with Crippen molar-refractivity contribution in [2.24, 2.45) is 0 Å². The van der Waals surface area contributed by atoms with Crippen LogP contribution in [0.1, 0.15) is 29.2 Å². The smallest absolute Gasteiger partial charge is 0.161 e. The van der Waals surface area contributed by atoms with Gasteiger partial charge in [-0.25, -0.2) is 4.98 Å². The Morgan fingerprint density at radius 3 is 2.17 bits per heavy atom. The van der Waals surface area contributed by atoms with Gasteiger partial charge < -0.3 is 14.8 Å². The molecular formula is C23H27Cl3N2O2. The van der Waals surface area contributed by atoms with E-state index in [1.165, 1.54) is 11.1 Å². The molecule has 0 radical (unpaired) electrons. The van der Waals surface area contributed by atoms with Crippen molar-refractivity contribution in [3.05, 3.63) is 88.2 Å². The molecule has 30 heavy (non-hydrogen) atoms. The lowest BCUT2D eigenvalue weighted by molar-refractivity contribution is 0.269. The highest BCUT2D eigenvalue weighted by Gasteiger charge is 2.07. The fourth-order valence-electron chi connectivity index (χ4n) is 2.76. The summed E-state index contributed by atoms with van der Waals surface area (Å²) in [4.78, 5) is 4.07. The first kappa shape index (κ1) is 26.1. The van der Waals surface area contributed by atoms with Crippen molar-refractivity contribution in [3.8, 4) is 11.5 Å². The van der Waals surface area contributed by atoms with Crippen LogP contribution in [0.2, 0.25) is 5.15 Å². The molecule has 1 N–H and O–H groups in total. The number of aryl methyl sites for hydroxylation is 1. The molecule has 2 aromatic carbocycles. The van der Waals surface area contributed by atoms with Gasteiger partial charge in [-0.3, -0.25) is 0 Å². The first-order chi connectivity index (χ1) is 13.6. The van der Waals surface area contributed by atoms with Gasteiger partial charge in [0.05, 0.1) is 6.61 Å². The van der Waals surface area contributed by atoms with Gasteiger partial charge in [0.25, 0.3) is 0 Å². The van der Waals surface area contributed by atoms with Gasteiger partial charge >= 0.3 is 0 Å². The highest BCUT2D eigenvalue weighted by Crippen LogP contribution is 2.29. The maximum Gasteiger partial charge on any atom is 0.161 e. The van der Waals surface area contributed by atoms with E-state index in [-0.39, 0.29) is 24.8 Å². The van der Waals surface area contributed by atoms with Crippen molar-refractivity contribution in [1.82, 2.24) is 10.3 Å². The highest BCUT2D eigenvalue weighted by atomic mass is 35.5. The minimum Gasteiger partial charge on any atom is -0.490 e. The molecule has 1 aromatic heterocycles. The number of halogens is 3. The monoisotopic (exact) mass is 468 g/mol. The number of hydrogen-bond donors (Lipinski definition) is 1. The Bertz CT molecular complexity index is 888. The van der Waals surface area contributed by atoms with Crippen LogP contribution in [0.25, 0.3) is 0 Å². The van der Waals surface area contributed by atoms with Gasteiger partial charge in [-0.05, 0) is 43.2 Å². The predicted molar refractivity (Wildman–Crippen MR) is 127 cm³/mol. The number of aromatic nitrogens is 1. The molecule has 1 heterocycles. The van der Waals surface area contributed by atoms with E-state index >= 15 is 0 Å². The molecule has 0 saturated heterocycles. The minimum atomic E-state index is 0. The van der Waals surface area contributed by atoms with Crippen LogP contribution in [0.3, 0.4) is 0 Å². The standard InChI is InChI=1S/C23H25ClN2O2.2ClH/c1-3-27-22-12-19(14-25-13-18-6-4-17(2)5-7-18)8-10-21(22)28-16-20-9-11-23(24)26-15-20;;/h4-12,15,25H,3,13-14,16H2,1-2H3;2*1H. The number of benzene rings is 2. The second kappa shape index (κ2) is 13.3. The Balaban J connectivity index is 0.00000225. The summed E-state index contributed by atoms with van der Waals surface area (Å²) in [7, 11) is 0. The van der Waals surface area contributed by atoms with Gasteiger partial charge in [0, 0.05) is 24.8 Å². The third-order valence-corrected chi connectivity index (χ3v) is 4.49. The SMILES string of the molecule is CCOc1cc(CNCc2ccc(C)cc2)ccc1OCc1ccc(Cl)nc1.Cl.Cl. The number of rotatable bonds is 9. The van der Waals surface area contributed by atoms with E-state index in [0.717, 1.165) is 35.7 Å². The fraction of sp³-hybridized carbons (Fsp3) is 0.261. The van der Waals surface area contributed by atoms with Crippen molar-refractivity contribution < 1.29 is 9.47 Å². The highest BCUT2D eigenvalue weighted by molar-refractivity contribution is 6.29. The van der Waals surface area contributed by atoms with Crippen molar-refractivity contribution >= 4 is 36.4 Å². The molecular weight excluding hydrogens is 443 g/mol. The summed E-state index contributed by atoms with van der Waals surface area (Å²) in [5, 5.41) is 3.95. The zero-order valence-corrected chi connectivity index (χ0v) is 19.4. The van der Waals surface area contributed by atoms with E-state index in [2.05, 4.69) is 47.6 Å². The van der Waals surface area contributed by atoms with E-state index in [0.29, 0.717) is 18.4 Å². The molecule has 0 fully saturated rings. The number of nitrogens with zero attached hydrogens (tertiary/aromatic N) is 1. The maximum atomic E-state index is 5.93. The number of hydrogen-bond acceptors (Lipinski definition) is 4. The number of nitrogens with one attached hydrogen (secondary N) is 1. The molecule has 0 aliphatic rings. The van der Waals surface area contributed by atoms with Crippen molar-refractivity contribution in [3.63, 3.8) is 0 Å². The van der Waals surface area contributed by atoms with Crippen LogP contribution in [0.5, 0.6) is 11.5 Å². The summed E-state index contributed by atoms with van der Waals surface area (Å²) in [6.45, 7) is 6.64. The Kier molecular flexibility index (Phi) is 11.6. The van der Waals surface area contributed by atoms with Gasteiger partial charge in [-0.2, -0.15) is 0 Å². The molecule has 0 unspecified atom stereocenters. The van der Waals surface area contributed by atoms with Gasteiger partial charge in [-0.15, -0.1) is 24.8 Å². The molecule has 0 bridgehead atoms. The molecule has 7 heteroatoms. The molecule has 0 aliphatic heterocycles. The lowest BCUT2D eigenvalue weighted by atomic mass is 10.1. The van der Waals surface area contributed by atoms with Crippen molar-refractivity contribution in [2.75, 3.05) is 6.61 Å². The lowest BCUT2D eigenvalue weighted by Crippen LogP contribution is -2.13. The van der Waals surface area contributed by atoms with Gasteiger partial charge in [0.15, 0.2) is 11.5 Å². The van der Waals surface area contributed by atoms with E-state index in [1.54, 1.807) is 12.3 Å². The van der Waals surface area contributed by atoms with Crippen LogP contribution in [-0.2, 0) is 19.7 Å². The molecule has 162 valence electrons. The Labute approximate surface area is 195 Å². The zero-order valence-electron chi connectivity index (χ0n) is 17.1. The summed E-state index contributed by atoms with van der Waals surface area (Å²) in [5.74, 6) is 1.47. The summed E-state index contributed by atoms with van der Waals surface area (Å²) in [5.41, 5.74) is 4.65. The molecule has 0 saturated carbocycles. The summed E-state index contributed by atoms with van der Waals surface area (Å²) < 4.78 is 11.7. The molecule has 4 nitrogen and oxygen atoms in total. The average Bonchev–Trinajstić information content (AvgIpc) is 2.70. The summed E-state index contributed by atoms with van der Waals surface area (Å²) >= 11 is 5.82. The topological polar surface area (TPSA) is 43.4 Å². The second-order valence-corrected chi connectivity index (χ2v) is 6.97. The van der Waals surface area contributed by atoms with E-state index in [1.807, 2.05) is 25.1 Å². The first-order valence-electron chi connectivity index (χ1n) is 9.39. The molecule has 3 aromatic rings. The Morgan fingerprint density at radius 2 is 1.50 bits per heavy atom. The van der Waals surface area contributed by atoms with Crippen molar-refractivity contribution in [1.29, 1.82) is 0 Å². The summed E-state index contributed by atoms with van der Waals surface area (Å²) in [6.07, 6.45) is 1.71. The molecule has 0 atom stereocenters. The van der Waals surface area contributed by atoms with Crippen LogP contribution in [0.4, 0.5) is 0 Å². The zero-order chi connectivity index (χ0) is 19.8. The predicted octanol–water partition coefficient (Wildman–Crippen LogP) is 6.15. The van der Waals surface area contributed by atoms with Gasteiger partial charge in [0.1, 0.15) is 11.8 Å². The lowest BCUT2D eigenvalue weighted by Gasteiger charge is -2.14. The van der Waals surface area contributed by atoms with Gasteiger partial charge in [0.2, 0.25) is 0 Å². The quantitative estimate of drug-likeness (QED) is 0.381. The van der Waals surface area contributed by atoms with Crippen LogP contribution in [0.15, 0.2) is 60.8 Å². The normalized spacial score (nSPS) is 9.97. The molecule has 0 amide bonds. The van der Waals surface area contributed by atoms with E-state index in [9.17, 15) is 0 Å². The second-order valence-electron chi connectivity index (χ2n) is 6.58. The van der Waals surface area contributed by atoms with Crippen molar-refractivity contribution in [2.45, 2.75) is 33.5 Å². The van der Waals surface area contributed by atoms with Crippen LogP contribution >= 0.6 is 36.4 Å². The third kappa shape index (κ3) is 8.04. The van der Waals surface area contributed by atoms with Gasteiger partial charge in [-0.1, -0.05) is 53.6 Å².